The summed E-state index contributed by atoms with van der Waals surface area (Å²) in [5.74, 6) is -0.595. The molecule has 22 heavy (non-hydrogen) atoms. The molecule has 5 nitrogen and oxygen atoms in total. The molecule has 0 aliphatic carbocycles. The minimum Gasteiger partial charge on any atom is -0.392 e. The summed E-state index contributed by atoms with van der Waals surface area (Å²) in [5.41, 5.74) is 6.83. The molecule has 0 aliphatic heterocycles. The molecule has 0 saturated carbocycles. The molecule has 2 aromatic rings. The van der Waals surface area contributed by atoms with Gasteiger partial charge in [-0.3, -0.25) is 4.79 Å². The number of aliphatic hydroxyl groups is 1. The van der Waals surface area contributed by atoms with Gasteiger partial charge in [-0.15, -0.1) is 0 Å². The fourth-order valence-electron chi connectivity index (χ4n) is 1.86. The number of nitrogens with two attached hydrogens (primary N) is 1. The average molecular weight is 356 g/mol. The van der Waals surface area contributed by atoms with E-state index in [0.717, 1.165) is 0 Å². The van der Waals surface area contributed by atoms with Crippen LogP contribution in [-0.2, 0) is 6.61 Å². The lowest BCUT2D eigenvalue weighted by Gasteiger charge is -2.14. The summed E-state index contributed by atoms with van der Waals surface area (Å²) in [6.45, 7) is -0.301. The van der Waals surface area contributed by atoms with Crippen molar-refractivity contribution in [3.05, 3.63) is 57.3 Å². The van der Waals surface area contributed by atoms with Crippen LogP contribution >= 0.6 is 35.4 Å². The summed E-state index contributed by atoms with van der Waals surface area (Å²) < 4.78 is 0. The lowest BCUT2D eigenvalue weighted by molar-refractivity contribution is 0.1000. The van der Waals surface area contributed by atoms with Crippen molar-refractivity contribution in [2.75, 3.05) is 5.32 Å². The maximum atomic E-state index is 11.5. The molecule has 0 unspecified atom stereocenters. The summed E-state index contributed by atoms with van der Waals surface area (Å²) in [6.07, 6.45) is 0. The van der Waals surface area contributed by atoms with E-state index >= 15 is 0 Å². The molecule has 2 rings (SSSR count). The number of benzene rings is 1. The molecule has 114 valence electrons. The smallest absolute Gasteiger partial charge is 0.249 e. The molecular weight excluding hydrogens is 345 g/mol. The fraction of sp³-hybridized carbons (Fsp3) is 0.0714. The summed E-state index contributed by atoms with van der Waals surface area (Å²) >= 11 is 17.1. The number of hydrogen-bond acceptors (Lipinski definition) is 4. The zero-order valence-electron chi connectivity index (χ0n) is 11.1. The second kappa shape index (κ2) is 7.02. The van der Waals surface area contributed by atoms with E-state index < -0.39 is 5.91 Å². The van der Waals surface area contributed by atoms with E-state index in [0.29, 0.717) is 16.8 Å². The van der Waals surface area contributed by atoms with E-state index in [4.69, 9.17) is 41.2 Å². The van der Waals surface area contributed by atoms with E-state index in [2.05, 4.69) is 10.3 Å². The van der Waals surface area contributed by atoms with Crippen molar-refractivity contribution < 1.29 is 9.90 Å². The van der Waals surface area contributed by atoms with Gasteiger partial charge >= 0.3 is 0 Å². The van der Waals surface area contributed by atoms with Crippen LogP contribution in [0.4, 0.5) is 5.69 Å². The average Bonchev–Trinajstić information content (AvgIpc) is 2.49. The van der Waals surface area contributed by atoms with Crippen LogP contribution in [0.25, 0.3) is 0 Å². The summed E-state index contributed by atoms with van der Waals surface area (Å²) in [7, 11) is 0. The van der Waals surface area contributed by atoms with E-state index in [1.807, 2.05) is 0 Å². The lowest BCUT2D eigenvalue weighted by atomic mass is 10.1. The second-order valence-electron chi connectivity index (χ2n) is 4.29. The zero-order valence-corrected chi connectivity index (χ0v) is 13.5. The van der Waals surface area contributed by atoms with Gasteiger partial charge in [-0.05, 0) is 12.1 Å². The first-order valence-corrected chi connectivity index (χ1v) is 7.26. The Kier molecular flexibility index (Phi) is 5.31. The first-order chi connectivity index (χ1) is 10.4. The van der Waals surface area contributed by atoms with Gasteiger partial charge < -0.3 is 16.2 Å². The van der Waals surface area contributed by atoms with Crippen LogP contribution in [0, 0.1) is 0 Å². The molecule has 0 bridgehead atoms. The van der Waals surface area contributed by atoms with E-state index in [-0.39, 0.29) is 27.5 Å². The second-order valence-corrected chi connectivity index (χ2v) is 5.45. The molecule has 4 N–H and O–H groups in total. The monoisotopic (exact) mass is 355 g/mol. The molecule has 0 atom stereocenters. The molecule has 1 aromatic carbocycles. The van der Waals surface area contributed by atoms with Crippen molar-refractivity contribution in [2.45, 2.75) is 6.61 Å². The summed E-state index contributed by atoms with van der Waals surface area (Å²) in [5, 5.41) is 12.5. The van der Waals surface area contributed by atoms with Crippen molar-refractivity contribution in [3.63, 3.8) is 0 Å². The number of carbonyl (C=O) groups excluding carboxylic acids is 1. The number of rotatable bonds is 4. The number of aromatic nitrogens is 1. The lowest BCUT2D eigenvalue weighted by Crippen LogP contribution is -2.20. The van der Waals surface area contributed by atoms with Crippen molar-refractivity contribution in [1.29, 1.82) is 0 Å². The highest BCUT2D eigenvalue weighted by molar-refractivity contribution is 7.81. The van der Waals surface area contributed by atoms with E-state index in [1.165, 1.54) is 6.07 Å². The maximum absolute atomic E-state index is 11.5. The number of carbonyl (C=O) groups is 1. The molecule has 0 radical (unpaired) electrons. The molecule has 0 aliphatic rings. The normalized spacial score (nSPS) is 10.3. The Morgan fingerprint density at radius 3 is 2.55 bits per heavy atom. The topological polar surface area (TPSA) is 88.2 Å². The van der Waals surface area contributed by atoms with Crippen LogP contribution in [0.5, 0.6) is 0 Å². The number of nitrogens with one attached hydrogen (secondary N) is 1. The molecular formula is C14H11Cl2N3O2S. The number of amides is 1. The van der Waals surface area contributed by atoms with Crippen molar-refractivity contribution in [2.24, 2.45) is 5.73 Å². The highest BCUT2D eigenvalue weighted by Crippen LogP contribution is 2.28. The Hall–Kier alpha value is -1.73. The van der Waals surface area contributed by atoms with Gasteiger partial charge in [0.1, 0.15) is 10.1 Å². The van der Waals surface area contributed by atoms with Crippen LogP contribution in [0.15, 0.2) is 30.3 Å². The van der Waals surface area contributed by atoms with Crippen LogP contribution < -0.4 is 11.1 Å². The number of pyridine rings is 1. The number of anilines is 1. The van der Waals surface area contributed by atoms with Crippen LogP contribution in [0.2, 0.25) is 10.3 Å². The van der Waals surface area contributed by atoms with Gasteiger partial charge in [-0.2, -0.15) is 0 Å². The maximum Gasteiger partial charge on any atom is 0.249 e. The van der Waals surface area contributed by atoms with Gasteiger partial charge in [-0.25, -0.2) is 4.98 Å². The highest BCUT2D eigenvalue weighted by Gasteiger charge is 2.16. The van der Waals surface area contributed by atoms with Crippen LogP contribution in [0.1, 0.15) is 21.5 Å². The number of aliphatic hydroxyl groups excluding tert-OH is 1. The quantitative estimate of drug-likeness (QED) is 0.579. The highest BCUT2D eigenvalue weighted by atomic mass is 35.5. The fourth-order valence-corrected chi connectivity index (χ4v) is 2.66. The molecule has 1 amide bonds. The number of thiocarbonyl (C=S) groups is 1. The summed E-state index contributed by atoms with van der Waals surface area (Å²) in [4.78, 5) is 15.6. The first kappa shape index (κ1) is 16.6. The standard InChI is InChI=1S/C14H11Cl2N3O2S/c15-10-5-7(6-20)11(12(16)18-10)19-14(22)9-4-2-1-3-8(9)13(17)21/h1-5,20H,6H2,(H2,17,21)(H,19,22). The number of primary amides is 1. The van der Waals surface area contributed by atoms with Crippen molar-refractivity contribution >= 4 is 52.0 Å². The Bertz CT molecular complexity index is 753. The van der Waals surface area contributed by atoms with Crippen LogP contribution in [-0.4, -0.2) is 21.0 Å². The Balaban J connectivity index is 2.40. The molecule has 0 saturated heterocycles. The Labute approximate surface area is 142 Å². The summed E-state index contributed by atoms with van der Waals surface area (Å²) in [6, 6.07) is 8.11. The SMILES string of the molecule is NC(=O)c1ccccc1C(=S)Nc1c(CO)cc(Cl)nc1Cl. The third-order valence-corrected chi connectivity index (χ3v) is 3.66. The minimum atomic E-state index is -0.595. The first-order valence-electron chi connectivity index (χ1n) is 6.10. The predicted molar refractivity (Wildman–Crippen MR) is 90.5 cm³/mol. The van der Waals surface area contributed by atoms with E-state index in [1.54, 1.807) is 24.3 Å². The van der Waals surface area contributed by atoms with Gasteiger partial charge in [0.25, 0.3) is 0 Å². The molecule has 0 spiro atoms. The predicted octanol–water partition coefficient (Wildman–Crippen LogP) is 2.77. The largest absolute Gasteiger partial charge is 0.392 e. The number of nitrogens with zero attached hydrogens (tertiary/aromatic N) is 1. The molecule has 1 heterocycles. The van der Waals surface area contributed by atoms with Crippen LogP contribution in [0.3, 0.4) is 0 Å². The van der Waals surface area contributed by atoms with Gasteiger partial charge in [0.05, 0.1) is 12.3 Å². The third kappa shape index (κ3) is 3.53. The van der Waals surface area contributed by atoms with Crippen molar-refractivity contribution in [1.82, 2.24) is 4.98 Å². The molecule has 8 heteroatoms. The van der Waals surface area contributed by atoms with Gasteiger partial charge in [0.2, 0.25) is 5.91 Å². The molecule has 1 aromatic heterocycles. The van der Waals surface area contributed by atoms with E-state index in [9.17, 15) is 9.90 Å². The Morgan fingerprint density at radius 1 is 1.32 bits per heavy atom. The molecule has 0 fully saturated rings. The number of halogens is 2. The van der Waals surface area contributed by atoms with Gasteiger partial charge in [-0.1, -0.05) is 53.6 Å². The Morgan fingerprint density at radius 2 is 1.95 bits per heavy atom. The van der Waals surface area contributed by atoms with Gasteiger partial charge in [0.15, 0.2) is 5.15 Å². The van der Waals surface area contributed by atoms with Crippen molar-refractivity contribution in [3.8, 4) is 0 Å². The van der Waals surface area contributed by atoms with Gasteiger partial charge in [0, 0.05) is 16.7 Å². The zero-order chi connectivity index (χ0) is 16.3. The minimum absolute atomic E-state index is 0.0652. The number of hydrogen-bond donors (Lipinski definition) is 3. The third-order valence-electron chi connectivity index (χ3n) is 2.87.